The van der Waals surface area contributed by atoms with Crippen LogP contribution in [-0.4, -0.2) is 5.11 Å². The van der Waals surface area contributed by atoms with Gasteiger partial charge in [0.15, 0.2) is 0 Å². The number of halogens is 1. The van der Waals surface area contributed by atoms with E-state index < -0.39 is 6.10 Å². The average Bonchev–Trinajstić information content (AvgIpc) is 2.33. The SMILES string of the molecule is Cc1ccc(CC(O)c2ccc(F)cc2C)cc1C. The molecule has 2 aromatic carbocycles. The molecular formula is C17H19FO. The first-order valence-electron chi connectivity index (χ1n) is 6.47. The van der Waals surface area contributed by atoms with Gasteiger partial charge in [-0.3, -0.25) is 0 Å². The zero-order valence-electron chi connectivity index (χ0n) is 11.6. The summed E-state index contributed by atoms with van der Waals surface area (Å²) in [5.41, 5.74) is 5.15. The van der Waals surface area contributed by atoms with E-state index in [2.05, 4.69) is 26.0 Å². The molecule has 1 atom stereocenters. The molecular weight excluding hydrogens is 239 g/mol. The molecule has 0 bridgehead atoms. The van der Waals surface area contributed by atoms with Gasteiger partial charge in [-0.1, -0.05) is 24.3 Å². The summed E-state index contributed by atoms with van der Waals surface area (Å²) >= 11 is 0. The van der Waals surface area contributed by atoms with Crippen molar-refractivity contribution in [2.75, 3.05) is 0 Å². The number of benzene rings is 2. The van der Waals surface area contributed by atoms with Crippen LogP contribution in [-0.2, 0) is 6.42 Å². The number of aliphatic hydroxyl groups is 1. The van der Waals surface area contributed by atoms with E-state index >= 15 is 0 Å². The predicted octanol–water partition coefficient (Wildman–Crippen LogP) is 4.03. The van der Waals surface area contributed by atoms with Crippen LogP contribution in [0.2, 0.25) is 0 Å². The monoisotopic (exact) mass is 258 g/mol. The minimum Gasteiger partial charge on any atom is -0.388 e. The molecule has 0 heterocycles. The summed E-state index contributed by atoms with van der Waals surface area (Å²) in [5.74, 6) is -0.264. The van der Waals surface area contributed by atoms with Crippen molar-refractivity contribution in [2.45, 2.75) is 33.3 Å². The van der Waals surface area contributed by atoms with Crippen LogP contribution in [0.3, 0.4) is 0 Å². The molecule has 0 fully saturated rings. The van der Waals surface area contributed by atoms with E-state index in [0.717, 1.165) is 16.7 Å². The Morgan fingerprint density at radius 3 is 2.32 bits per heavy atom. The van der Waals surface area contributed by atoms with Crippen LogP contribution >= 0.6 is 0 Å². The van der Waals surface area contributed by atoms with E-state index in [1.54, 1.807) is 6.07 Å². The van der Waals surface area contributed by atoms with E-state index in [0.29, 0.717) is 6.42 Å². The Hall–Kier alpha value is -1.67. The lowest BCUT2D eigenvalue weighted by Crippen LogP contribution is -2.04. The minimum absolute atomic E-state index is 0.264. The number of aliphatic hydroxyl groups excluding tert-OH is 1. The van der Waals surface area contributed by atoms with E-state index in [1.807, 2.05) is 13.0 Å². The largest absolute Gasteiger partial charge is 0.388 e. The molecule has 0 radical (unpaired) electrons. The fourth-order valence-corrected chi connectivity index (χ4v) is 2.28. The van der Waals surface area contributed by atoms with Gasteiger partial charge in [0.2, 0.25) is 0 Å². The highest BCUT2D eigenvalue weighted by molar-refractivity contribution is 5.33. The minimum atomic E-state index is -0.595. The second-order valence-electron chi connectivity index (χ2n) is 5.14. The third-order valence-corrected chi connectivity index (χ3v) is 3.59. The Balaban J connectivity index is 2.20. The quantitative estimate of drug-likeness (QED) is 0.881. The van der Waals surface area contributed by atoms with Gasteiger partial charge >= 0.3 is 0 Å². The standard InChI is InChI=1S/C17H19FO/c1-11-4-5-14(8-12(11)2)10-17(19)16-7-6-15(18)9-13(16)3/h4-9,17,19H,10H2,1-3H3. The smallest absolute Gasteiger partial charge is 0.123 e. The second kappa shape index (κ2) is 5.54. The maximum Gasteiger partial charge on any atom is 0.123 e. The van der Waals surface area contributed by atoms with Crippen molar-refractivity contribution in [1.29, 1.82) is 0 Å². The zero-order chi connectivity index (χ0) is 14.0. The van der Waals surface area contributed by atoms with Gasteiger partial charge in [0.25, 0.3) is 0 Å². The molecule has 19 heavy (non-hydrogen) atoms. The zero-order valence-corrected chi connectivity index (χ0v) is 11.6. The molecule has 1 nitrogen and oxygen atoms in total. The van der Waals surface area contributed by atoms with Crippen LogP contribution in [0, 0.1) is 26.6 Å². The number of hydrogen-bond acceptors (Lipinski definition) is 1. The topological polar surface area (TPSA) is 20.2 Å². The Kier molecular flexibility index (Phi) is 4.01. The summed E-state index contributed by atoms with van der Waals surface area (Å²) in [5, 5.41) is 10.3. The molecule has 0 aliphatic rings. The lowest BCUT2D eigenvalue weighted by molar-refractivity contribution is 0.177. The van der Waals surface area contributed by atoms with Gasteiger partial charge in [0.1, 0.15) is 5.82 Å². The van der Waals surface area contributed by atoms with Crippen molar-refractivity contribution in [3.05, 3.63) is 70.0 Å². The molecule has 2 aromatic rings. The normalized spacial score (nSPS) is 12.5. The average molecular weight is 258 g/mol. The van der Waals surface area contributed by atoms with Crippen LogP contribution in [0.25, 0.3) is 0 Å². The molecule has 0 amide bonds. The third kappa shape index (κ3) is 3.21. The van der Waals surface area contributed by atoms with Crippen molar-refractivity contribution in [1.82, 2.24) is 0 Å². The van der Waals surface area contributed by atoms with Gasteiger partial charge in [-0.15, -0.1) is 0 Å². The van der Waals surface area contributed by atoms with Gasteiger partial charge < -0.3 is 5.11 Å². The van der Waals surface area contributed by atoms with Crippen LogP contribution in [0.4, 0.5) is 4.39 Å². The Morgan fingerprint density at radius 1 is 0.947 bits per heavy atom. The lowest BCUT2D eigenvalue weighted by atomic mass is 9.96. The first kappa shape index (κ1) is 13.8. The van der Waals surface area contributed by atoms with E-state index in [-0.39, 0.29) is 5.82 Å². The molecule has 100 valence electrons. The van der Waals surface area contributed by atoms with Crippen molar-refractivity contribution < 1.29 is 9.50 Å². The van der Waals surface area contributed by atoms with Crippen LogP contribution in [0.1, 0.15) is 33.9 Å². The molecule has 2 heteroatoms. The van der Waals surface area contributed by atoms with Crippen LogP contribution in [0.5, 0.6) is 0 Å². The number of aryl methyl sites for hydroxylation is 3. The molecule has 0 saturated carbocycles. The van der Waals surface area contributed by atoms with Crippen molar-refractivity contribution in [3.8, 4) is 0 Å². The van der Waals surface area contributed by atoms with Crippen LogP contribution < -0.4 is 0 Å². The van der Waals surface area contributed by atoms with E-state index in [1.165, 1.54) is 23.3 Å². The highest BCUT2D eigenvalue weighted by Gasteiger charge is 2.12. The highest BCUT2D eigenvalue weighted by Crippen LogP contribution is 2.23. The molecule has 0 aliphatic carbocycles. The summed E-state index contributed by atoms with van der Waals surface area (Å²) in [4.78, 5) is 0. The Bertz CT molecular complexity index is 590. The van der Waals surface area contributed by atoms with Gasteiger partial charge in [0.05, 0.1) is 6.10 Å². The van der Waals surface area contributed by atoms with Gasteiger partial charge in [-0.25, -0.2) is 4.39 Å². The van der Waals surface area contributed by atoms with Crippen LogP contribution in [0.15, 0.2) is 36.4 Å². The number of hydrogen-bond donors (Lipinski definition) is 1. The Morgan fingerprint density at radius 2 is 1.68 bits per heavy atom. The highest BCUT2D eigenvalue weighted by atomic mass is 19.1. The second-order valence-corrected chi connectivity index (χ2v) is 5.14. The van der Waals surface area contributed by atoms with E-state index in [4.69, 9.17) is 0 Å². The molecule has 0 aliphatic heterocycles. The summed E-state index contributed by atoms with van der Waals surface area (Å²) in [6, 6.07) is 10.7. The maximum atomic E-state index is 13.1. The number of rotatable bonds is 3. The summed E-state index contributed by atoms with van der Waals surface area (Å²) in [6.45, 7) is 5.95. The maximum absolute atomic E-state index is 13.1. The molecule has 0 saturated heterocycles. The first-order valence-corrected chi connectivity index (χ1v) is 6.47. The predicted molar refractivity (Wildman–Crippen MR) is 75.7 cm³/mol. The first-order chi connectivity index (χ1) is 8.97. The summed E-state index contributed by atoms with van der Waals surface area (Å²) in [6.07, 6.45) is -0.0455. The molecule has 0 spiro atoms. The fourth-order valence-electron chi connectivity index (χ4n) is 2.28. The molecule has 0 aromatic heterocycles. The van der Waals surface area contributed by atoms with Crippen molar-refractivity contribution in [2.24, 2.45) is 0 Å². The van der Waals surface area contributed by atoms with Gasteiger partial charge in [-0.05, 0) is 60.7 Å². The molecule has 1 N–H and O–H groups in total. The molecule has 1 unspecified atom stereocenters. The van der Waals surface area contributed by atoms with Crippen molar-refractivity contribution >= 4 is 0 Å². The third-order valence-electron chi connectivity index (χ3n) is 3.59. The van der Waals surface area contributed by atoms with Crippen molar-refractivity contribution in [3.63, 3.8) is 0 Å². The van der Waals surface area contributed by atoms with E-state index in [9.17, 15) is 9.50 Å². The van der Waals surface area contributed by atoms with Gasteiger partial charge in [-0.2, -0.15) is 0 Å². The summed E-state index contributed by atoms with van der Waals surface area (Å²) < 4.78 is 13.1. The van der Waals surface area contributed by atoms with Gasteiger partial charge in [0, 0.05) is 6.42 Å². The molecule has 2 rings (SSSR count). The Labute approximate surface area is 113 Å². The fraction of sp³-hybridized carbons (Fsp3) is 0.294. The lowest BCUT2D eigenvalue weighted by Gasteiger charge is -2.14. The summed E-state index contributed by atoms with van der Waals surface area (Å²) in [7, 11) is 0.